The zero-order chi connectivity index (χ0) is 14.0. The van der Waals surface area contributed by atoms with Crippen LogP contribution in [0.25, 0.3) is 0 Å². The maximum absolute atomic E-state index is 11.9. The van der Waals surface area contributed by atoms with E-state index in [1.54, 1.807) is 19.2 Å². The first-order valence-electron chi connectivity index (χ1n) is 5.65. The standard InChI is InChI=1S/C11H14FNO2.CH6N2/c1-3-8(2)13-11(14)9-5-4-6-10(7-9)15-12;1-3-2/h4-8H,3H2,1-2H3,(H,13,14);3H,2H2,1H3. The molecule has 0 aliphatic rings. The number of benzene rings is 1. The zero-order valence-corrected chi connectivity index (χ0v) is 10.9. The summed E-state index contributed by atoms with van der Waals surface area (Å²) in [7, 11) is 1.65. The van der Waals surface area contributed by atoms with Crippen LogP contribution in [0.15, 0.2) is 24.3 Å². The molecule has 0 heterocycles. The Kier molecular flexibility index (Phi) is 8.51. The predicted molar refractivity (Wildman–Crippen MR) is 68.6 cm³/mol. The molecule has 0 spiro atoms. The molecule has 1 unspecified atom stereocenters. The number of nitrogens with two attached hydrogens (primary N) is 1. The highest BCUT2D eigenvalue weighted by molar-refractivity contribution is 5.94. The van der Waals surface area contributed by atoms with E-state index in [0.717, 1.165) is 6.42 Å². The van der Waals surface area contributed by atoms with Gasteiger partial charge in [-0.05, 0) is 38.6 Å². The number of rotatable bonds is 4. The van der Waals surface area contributed by atoms with Gasteiger partial charge in [0.15, 0.2) is 5.75 Å². The summed E-state index contributed by atoms with van der Waals surface area (Å²) in [6.45, 7) is 3.89. The molecular formula is C12H20FN3O2. The van der Waals surface area contributed by atoms with Crippen molar-refractivity contribution in [2.45, 2.75) is 26.3 Å². The molecule has 0 aliphatic heterocycles. The van der Waals surface area contributed by atoms with Crippen molar-refractivity contribution in [1.82, 2.24) is 10.7 Å². The van der Waals surface area contributed by atoms with Gasteiger partial charge in [0.2, 0.25) is 0 Å². The lowest BCUT2D eigenvalue weighted by Gasteiger charge is -2.11. The summed E-state index contributed by atoms with van der Waals surface area (Å²) in [5, 5.41) is 2.78. The summed E-state index contributed by atoms with van der Waals surface area (Å²) in [4.78, 5) is 15.1. The molecule has 1 rings (SSSR count). The molecule has 4 N–H and O–H groups in total. The SMILES string of the molecule is CCC(C)NC(=O)c1cccc(OF)c1.CNN. The zero-order valence-electron chi connectivity index (χ0n) is 10.9. The molecule has 18 heavy (non-hydrogen) atoms. The number of nitrogens with one attached hydrogen (secondary N) is 2. The first-order chi connectivity index (χ1) is 8.58. The van der Waals surface area contributed by atoms with Gasteiger partial charge in [0.05, 0.1) is 0 Å². The van der Waals surface area contributed by atoms with Crippen molar-refractivity contribution < 1.29 is 14.3 Å². The molecule has 1 amide bonds. The van der Waals surface area contributed by atoms with Gasteiger partial charge in [0.1, 0.15) is 0 Å². The van der Waals surface area contributed by atoms with Crippen molar-refractivity contribution in [3.05, 3.63) is 29.8 Å². The van der Waals surface area contributed by atoms with Crippen LogP contribution in [-0.4, -0.2) is 19.0 Å². The van der Waals surface area contributed by atoms with Gasteiger partial charge in [-0.1, -0.05) is 13.0 Å². The lowest BCUT2D eigenvalue weighted by molar-refractivity contribution is -0.00627. The number of hydrogen-bond donors (Lipinski definition) is 3. The van der Waals surface area contributed by atoms with E-state index >= 15 is 0 Å². The summed E-state index contributed by atoms with van der Waals surface area (Å²) < 4.78 is 11.9. The van der Waals surface area contributed by atoms with Gasteiger partial charge < -0.3 is 5.32 Å². The monoisotopic (exact) mass is 257 g/mol. The van der Waals surface area contributed by atoms with Crippen LogP contribution >= 0.6 is 0 Å². The topological polar surface area (TPSA) is 76.4 Å². The maximum atomic E-state index is 11.9. The lowest BCUT2D eigenvalue weighted by Crippen LogP contribution is -2.31. The van der Waals surface area contributed by atoms with Crippen LogP contribution in [0.3, 0.4) is 0 Å². The van der Waals surface area contributed by atoms with Crippen LogP contribution in [-0.2, 0) is 0 Å². The van der Waals surface area contributed by atoms with Gasteiger partial charge >= 0.3 is 0 Å². The quantitative estimate of drug-likeness (QED) is 0.565. The highest BCUT2D eigenvalue weighted by Crippen LogP contribution is 2.13. The molecule has 1 atom stereocenters. The van der Waals surface area contributed by atoms with E-state index in [0.29, 0.717) is 5.56 Å². The normalized spacial score (nSPS) is 10.9. The van der Waals surface area contributed by atoms with E-state index in [1.165, 1.54) is 12.1 Å². The van der Waals surface area contributed by atoms with Crippen molar-refractivity contribution in [3.8, 4) is 5.75 Å². The van der Waals surface area contributed by atoms with E-state index in [-0.39, 0.29) is 17.7 Å². The van der Waals surface area contributed by atoms with Crippen molar-refractivity contribution in [3.63, 3.8) is 0 Å². The van der Waals surface area contributed by atoms with Crippen LogP contribution in [0.2, 0.25) is 0 Å². The molecule has 6 heteroatoms. The number of carbonyl (C=O) groups is 1. The minimum atomic E-state index is -0.219. The fraction of sp³-hybridized carbons (Fsp3) is 0.417. The maximum Gasteiger partial charge on any atom is 0.251 e. The molecule has 0 bridgehead atoms. The number of hydrazine groups is 1. The van der Waals surface area contributed by atoms with Gasteiger partial charge in [-0.25, -0.2) is 0 Å². The smallest absolute Gasteiger partial charge is 0.251 e. The molecule has 0 radical (unpaired) electrons. The van der Waals surface area contributed by atoms with Gasteiger partial charge in [-0.15, -0.1) is 0 Å². The van der Waals surface area contributed by atoms with Crippen molar-refractivity contribution in [1.29, 1.82) is 0 Å². The predicted octanol–water partition coefficient (Wildman–Crippen LogP) is 1.56. The molecule has 0 aromatic heterocycles. The minimum Gasteiger partial charge on any atom is -0.350 e. The van der Waals surface area contributed by atoms with Crippen LogP contribution in [0.4, 0.5) is 4.53 Å². The Bertz CT molecular complexity index is 361. The largest absolute Gasteiger partial charge is 0.350 e. The van der Waals surface area contributed by atoms with Crippen molar-refractivity contribution in [2.75, 3.05) is 7.05 Å². The van der Waals surface area contributed by atoms with E-state index in [1.807, 2.05) is 13.8 Å². The lowest BCUT2D eigenvalue weighted by atomic mass is 10.2. The third-order valence-corrected chi connectivity index (χ3v) is 2.18. The number of amides is 1. The Morgan fingerprint density at radius 3 is 2.67 bits per heavy atom. The Labute approximate surface area is 106 Å². The molecule has 5 nitrogen and oxygen atoms in total. The van der Waals surface area contributed by atoms with Gasteiger partial charge in [0.25, 0.3) is 5.91 Å². The van der Waals surface area contributed by atoms with Crippen LogP contribution in [0.1, 0.15) is 30.6 Å². The molecule has 1 aromatic carbocycles. The molecule has 102 valence electrons. The van der Waals surface area contributed by atoms with Crippen LogP contribution in [0.5, 0.6) is 5.75 Å². The van der Waals surface area contributed by atoms with E-state index < -0.39 is 0 Å². The molecule has 0 saturated carbocycles. The Morgan fingerprint density at radius 1 is 1.56 bits per heavy atom. The van der Waals surface area contributed by atoms with E-state index in [2.05, 4.69) is 21.5 Å². The Hall–Kier alpha value is -1.66. The Balaban J connectivity index is 0.000000873. The third kappa shape index (κ3) is 6.17. The van der Waals surface area contributed by atoms with Crippen molar-refractivity contribution >= 4 is 5.91 Å². The first-order valence-corrected chi connectivity index (χ1v) is 5.65. The van der Waals surface area contributed by atoms with Crippen LogP contribution in [0, 0.1) is 0 Å². The van der Waals surface area contributed by atoms with Gasteiger partial charge in [-0.3, -0.25) is 21.0 Å². The molecular weight excluding hydrogens is 237 g/mol. The summed E-state index contributed by atoms with van der Waals surface area (Å²) in [6.07, 6.45) is 0.852. The average Bonchev–Trinajstić information content (AvgIpc) is 2.39. The first kappa shape index (κ1) is 16.3. The summed E-state index contributed by atoms with van der Waals surface area (Å²) in [5.74, 6) is 4.41. The van der Waals surface area contributed by atoms with E-state index in [4.69, 9.17) is 0 Å². The fourth-order valence-electron chi connectivity index (χ4n) is 1.09. The third-order valence-electron chi connectivity index (χ3n) is 2.18. The second kappa shape index (κ2) is 9.38. The van der Waals surface area contributed by atoms with Crippen LogP contribution < -0.4 is 21.5 Å². The average molecular weight is 257 g/mol. The summed E-state index contributed by atoms with van der Waals surface area (Å²) in [6, 6.07) is 6.09. The summed E-state index contributed by atoms with van der Waals surface area (Å²) >= 11 is 0. The second-order valence-electron chi connectivity index (χ2n) is 3.68. The molecule has 1 aromatic rings. The highest BCUT2D eigenvalue weighted by atomic mass is 19.3. The van der Waals surface area contributed by atoms with Gasteiger partial charge in [0, 0.05) is 16.1 Å². The molecule has 0 aliphatic carbocycles. The fourth-order valence-corrected chi connectivity index (χ4v) is 1.09. The number of hydrogen-bond acceptors (Lipinski definition) is 4. The van der Waals surface area contributed by atoms with E-state index in [9.17, 15) is 9.32 Å². The second-order valence-corrected chi connectivity index (χ2v) is 3.68. The number of carbonyl (C=O) groups excluding carboxylic acids is 1. The molecule has 0 fully saturated rings. The minimum absolute atomic E-state index is 0.0341. The van der Waals surface area contributed by atoms with Crippen molar-refractivity contribution in [2.24, 2.45) is 5.84 Å². The Morgan fingerprint density at radius 2 is 2.17 bits per heavy atom. The van der Waals surface area contributed by atoms with Gasteiger partial charge in [-0.2, -0.15) is 0 Å². The summed E-state index contributed by atoms with van der Waals surface area (Å²) in [5.41, 5.74) is 2.64. The number of halogens is 1. The highest BCUT2D eigenvalue weighted by Gasteiger charge is 2.09. The molecule has 0 saturated heterocycles.